The number of benzene rings is 2. The van der Waals surface area contributed by atoms with Crippen LogP contribution in [0.2, 0.25) is 5.02 Å². The van der Waals surface area contributed by atoms with Crippen LogP contribution in [-0.2, 0) is 0 Å². The zero-order chi connectivity index (χ0) is 17.7. The van der Waals surface area contributed by atoms with E-state index in [4.69, 9.17) is 22.1 Å². The molecule has 0 aromatic heterocycles. The first kappa shape index (κ1) is 17.4. The highest BCUT2D eigenvalue weighted by Crippen LogP contribution is 2.22. The summed E-state index contributed by atoms with van der Waals surface area (Å²) in [4.78, 5) is 22.4. The van der Waals surface area contributed by atoms with Gasteiger partial charge in [-0.3, -0.25) is 0 Å². The van der Waals surface area contributed by atoms with E-state index in [0.717, 1.165) is 0 Å². The van der Waals surface area contributed by atoms with Gasteiger partial charge in [-0.2, -0.15) is 5.10 Å². The predicted molar refractivity (Wildman–Crippen MR) is 83.1 cm³/mol. The average Bonchev–Trinajstić information content (AvgIpc) is 2.52. The lowest BCUT2D eigenvalue weighted by molar-refractivity contribution is 0.0734. The van der Waals surface area contributed by atoms with Crippen molar-refractivity contribution in [1.29, 1.82) is 0 Å². The van der Waals surface area contributed by atoms with Crippen molar-refractivity contribution >= 4 is 29.8 Å². The number of nitrogens with one attached hydrogen (secondary N) is 1. The van der Waals surface area contributed by atoms with Gasteiger partial charge in [-0.05, 0) is 42.0 Å². The van der Waals surface area contributed by atoms with E-state index in [0.29, 0.717) is 17.7 Å². The Hall–Kier alpha value is -3.00. The minimum absolute atomic E-state index is 0.154. The van der Waals surface area contributed by atoms with Gasteiger partial charge in [-0.25, -0.2) is 23.8 Å². The van der Waals surface area contributed by atoms with Crippen LogP contribution in [0, 0.1) is 11.6 Å². The first-order valence-electron chi connectivity index (χ1n) is 6.42. The predicted octanol–water partition coefficient (Wildman–Crippen LogP) is 2.84. The molecule has 0 saturated carbocycles. The molecule has 0 unspecified atom stereocenters. The third-order valence-corrected chi connectivity index (χ3v) is 3.02. The Balaban J connectivity index is 2.08. The molecule has 2 aromatic carbocycles. The van der Waals surface area contributed by atoms with E-state index in [1.807, 2.05) is 5.43 Å². The largest absolute Gasteiger partial charge is 0.423 e. The molecule has 0 bridgehead atoms. The molecule has 0 aliphatic carbocycles. The van der Waals surface area contributed by atoms with Gasteiger partial charge in [0.1, 0.15) is 5.75 Å². The van der Waals surface area contributed by atoms with Crippen molar-refractivity contribution in [2.24, 2.45) is 10.8 Å². The number of esters is 1. The van der Waals surface area contributed by atoms with Gasteiger partial charge in [0.25, 0.3) is 0 Å². The molecular formula is C15H10ClF2N3O3. The molecule has 0 aliphatic rings. The van der Waals surface area contributed by atoms with Gasteiger partial charge in [0.05, 0.1) is 16.8 Å². The van der Waals surface area contributed by atoms with Crippen LogP contribution >= 0.6 is 11.6 Å². The number of rotatable bonds is 4. The summed E-state index contributed by atoms with van der Waals surface area (Å²) in [5.74, 6) is -3.15. The number of nitrogens with zero attached hydrogens (tertiary/aromatic N) is 1. The molecule has 3 N–H and O–H groups in total. The molecule has 124 valence electrons. The van der Waals surface area contributed by atoms with Gasteiger partial charge < -0.3 is 10.5 Å². The van der Waals surface area contributed by atoms with Gasteiger partial charge in [0.2, 0.25) is 0 Å². The normalized spacial score (nSPS) is 10.6. The number of primary amides is 1. The van der Waals surface area contributed by atoms with Gasteiger partial charge in [0.15, 0.2) is 11.6 Å². The lowest BCUT2D eigenvalue weighted by Gasteiger charge is -2.06. The Kier molecular flexibility index (Phi) is 5.43. The first-order chi connectivity index (χ1) is 11.4. The van der Waals surface area contributed by atoms with Crippen LogP contribution in [0.15, 0.2) is 41.5 Å². The van der Waals surface area contributed by atoms with Crippen molar-refractivity contribution in [3.63, 3.8) is 0 Å². The van der Waals surface area contributed by atoms with Crippen LogP contribution in [0.4, 0.5) is 13.6 Å². The maximum Gasteiger partial charge on any atom is 0.345 e. The molecule has 0 radical (unpaired) electrons. The number of hydrogen-bond donors (Lipinski definition) is 2. The monoisotopic (exact) mass is 353 g/mol. The molecular weight excluding hydrogens is 344 g/mol. The van der Waals surface area contributed by atoms with E-state index < -0.39 is 23.6 Å². The second-order valence-corrected chi connectivity index (χ2v) is 4.85. The Morgan fingerprint density at radius 2 is 1.79 bits per heavy atom. The SMILES string of the molecule is NC(=O)N/N=C\c1ccc(OC(=O)c2cc(F)c(F)cc2Cl)cc1. The quantitative estimate of drug-likeness (QED) is 0.291. The second kappa shape index (κ2) is 7.51. The van der Waals surface area contributed by atoms with Gasteiger partial charge in [-0.15, -0.1) is 0 Å². The molecule has 6 nitrogen and oxygen atoms in total. The van der Waals surface area contributed by atoms with Crippen molar-refractivity contribution in [2.45, 2.75) is 0 Å². The van der Waals surface area contributed by atoms with Crippen LogP contribution in [0.1, 0.15) is 15.9 Å². The van der Waals surface area contributed by atoms with Crippen LogP contribution in [0.3, 0.4) is 0 Å². The Bertz CT molecular complexity index is 810. The van der Waals surface area contributed by atoms with Gasteiger partial charge >= 0.3 is 12.0 Å². The molecule has 2 rings (SSSR count). The summed E-state index contributed by atoms with van der Waals surface area (Å²) < 4.78 is 31.2. The first-order valence-corrected chi connectivity index (χ1v) is 6.80. The molecule has 0 atom stereocenters. The van der Waals surface area contributed by atoms with E-state index >= 15 is 0 Å². The van der Waals surface area contributed by atoms with E-state index in [1.54, 1.807) is 12.1 Å². The van der Waals surface area contributed by atoms with Gasteiger partial charge in [-0.1, -0.05) is 11.6 Å². The number of urea groups is 1. The average molecular weight is 354 g/mol. The standard InChI is InChI=1S/C15H10ClF2N3O3/c16-11-6-13(18)12(17)5-10(11)14(22)24-9-3-1-8(2-4-9)7-20-21-15(19)23/h1-7H,(H3,19,21,23)/b20-7-. The topological polar surface area (TPSA) is 93.8 Å². The van der Waals surface area contributed by atoms with Gasteiger partial charge in [0, 0.05) is 0 Å². The molecule has 9 heteroatoms. The number of amides is 2. The minimum atomic E-state index is -1.21. The van der Waals surface area contributed by atoms with E-state index in [2.05, 4.69) is 5.10 Å². The Morgan fingerprint density at radius 3 is 2.42 bits per heavy atom. The molecule has 0 fully saturated rings. The summed E-state index contributed by atoms with van der Waals surface area (Å²) in [5.41, 5.74) is 7.15. The number of carbonyl (C=O) groups excluding carboxylic acids is 2. The highest BCUT2D eigenvalue weighted by molar-refractivity contribution is 6.33. The van der Waals surface area contributed by atoms with Crippen molar-refractivity contribution in [2.75, 3.05) is 0 Å². The fraction of sp³-hybridized carbons (Fsp3) is 0. The third-order valence-electron chi connectivity index (χ3n) is 2.71. The number of hydrazone groups is 1. The number of ether oxygens (including phenoxy) is 1. The Labute approximate surface area is 139 Å². The van der Waals surface area contributed by atoms with Crippen molar-refractivity contribution < 1.29 is 23.1 Å². The van der Waals surface area contributed by atoms with Crippen molar-refractivity contribution in [3.05, 3.63) is 64.2 Å². The maximum atomic E-state index is 13.2. The number of nitrogens with two attached hydrogens (primary N) is 1. The fourth-order valence-electron chi connectivity index (χ4n) is 1.63. The summed E-state index contributed by atoms with van der Waals surface area (Å²) in [5, 5.41) is 3.29. The number of halogens is 3. The van der Waals surface area contributed by atoms with Crippen LogP contribution in [0.25, 0.3) is 0 Å². The fourth-order valence-corrected chi connectivity index (χ4v) is 1.86. The maximum absolute atomic E-state index is 13.2. The molecule has 0 aliphatic heterocycles. The lowest BCUT2D eigenvalue weighted by Crippen LogP contribution is -2.24. The minimum Gasteiger partial charge on any atom is -0.423 e. The zero-order valence-corrected chi connectivity index (χ0v) is 12.7. The van der Waals surface area contributed by atoms with Crippen LogP contribution in [0.5, 0.6) is 5.75 Å². The van der Waals surface area contributed by atoms with Crippen molar-refractivity contribution in [3.8, 4) is 5.75 Å². The Morgan fingerprint density at radius 1 is 1.17 bits per heavy atom. The summed E-state index contributed by atoms with van der Waals surface area (Å²) in [6.07, 6.45) is 1.32. The van der Waals surface area contributed by atoms with Crippen molar-refractivity contribution in [1.82, 2.24) is 5.43 Å². The van der Waals surface area contributed by atoms with E-state index in [-0.39, 0.29) is 16.3 Å². The summed E-state index contributed by atoms with van der Waals surface area (Å²) >= 11 is 5.70. The molecule has 0 spiro atoms. The molecule has 24 heavy (non-hydrogen) atoms. The number of carbonyl (C=O) groups is 2. The second-order valence-electron chi connectivity index (χ2n) is 4.44. The smallest absolute Gasteiger partial charge is 0.345 e. The number of hydrogen-bond acceptors (Lipinski definition) is 4. The van der Waals surface area contributed by atoms with Crippen LogP contribution < -0.4 is 15.9 Å². The summed E-state index contributed by atoms with van der Waals surface area (Å²) in [7, 11) is 0. The lowest BCUT2D eigenvalue weighted by atomic mass is 10.2. The highest BCUT2D eigenvalue weighted by atomic mass is 35.5. The molecule has 2 amide bonds. The third kappa shape index (κ3) is 4.50. The summed E-state index contributed by atoms with van der Waals surface area (Å²) in [6, 6.07) is 6.52. The van der Waals surface area contributed by atoms with Crippen LogP contribution in [-0.4, -0.2) is 18.2 Å². The highest BCUT2D eigenvalue weighted by Gasteiger charge is 2.17. The van der Waals surface area contributed by atoms with E-state index in [1.165, 1.54) is 18.3 Å². The van der Waals surface area contributed by atoms with E-state index in [9.17, 15) is 18.4 Å². The summed E-state index contributed by atoms with van der Waals surface area (Å²) in [6.45, 7) is 0. The molecule has 0 saturated heterocycles. The zero-order valence-electron chi connectivity index (χ0n) is 11.9. The molecule has 0 heterocycles. The molecule has 2 aromatic rings.